The zero-order chi connectivity index (χ0) is 13.5. The van der Waals surface area contributed by atoms with Gasteiger partial charge in [-0.25, -0.2) is 0 Å². The molecule has 118 valence electrons. The van der Waals surface area contributed by atoms with Gasteiger partial charge < -0.3 is 15.8 Å². The molecule has 2 aliphatic carbocycles. The van der Waals surface area contributed by atoms with E-state index in [4.69, 9.17) is 10.5 Å². The molecule has 0 bridgehead atoms. The minimum Gasteiger partial charge on any atom is -0.376 e. The minimum atomic E-state index is 0. The zero-order valence-corrected chi connectivity index (χ0v) is 13.1. The average molecular weight is 305 g/mol. The number of carbonyl (C=O) groups is 1. The fourth-order valence-corrected chi connectivity index (χ4v) is 3.28. The van der Waals surface area contributed by atoms with Crippen molar-refractivity contribution in [2.45, 2.75) is 69.9 Å². The first-order valence-corrected chi connectivity index (χ1v) is 7.89. The second-order valence-electron chi connectivity index (χ2n) is 6.04. The predicted octanol–water partition coefficient (Wildman–Crippen LogP) is 2.39. The Morgan fingerprint density at radius 1 is 1.10 bits per heavy atom. The van der Waals surface area contributed by atoms with Crippen molar-refractivity contribution in [3.05, 3.63) is 0 Å². The van der Waals surface area contributed by atoms with E-state index in [-0.39, 0.29) is 24.4 Å². The maximum Gasteiger partial charge on any atom is 0.220 e. The molecular weight excluding hydrogens is 276 g/mol. The molecule has 0 spiro atoms. The average Bonchev–Trinajstić information content (AvgIpc) is 2.82. The number of amides is 1. The van der Waals surface area contributed by atoms with Crippen molar-refractivity contribution >= 4 is 18.3 Å². The number of nitrogens with one attached hydrogen (secondary N) is 1. The van der Waals surface area contributed by atoms with E-state index < -0.39 is 0 Å². The van der Waals surface area contributed by atoms with Crippen molar-refractivity contribution in [2.75, 3.05) is 13.2 Å². The van der Waals surface area contributed by atoms with E-state index in [1.165, 1.54) is 38.5 Å². The molecule has 0 aliphatic heterocycles. The van der Waals surface area contributed by atoms with E-state index in [9.17, 15) is 4.79 Å². The Balaban J connectivity index is 0.00000200. The third-order valence-electron chi connectivity index (χ3n) is 4.50. The van der Waals surface area contributed by atoms with Crippen LogP contribution in [0.15, 0.2) is 0 Å². The van der Waals surface area contributed by atoms with E-state index in [1.54, 1.807) is 0 Å². The molecule has 0 aromatic heterocycles. The number of nitrogens with two attached hydrogens (primary N) is 1. The molecule has 4 nitrogen and oxygen atoms in total. The summed E-state index contributed by atoms with van der Waals surface area (Å²) in [5, 5.41) is 2.95. The van der Waals surface area contributed by atoms with E-state index in [1.807, 2.05) is 0 Å². The first-order chi connectivity index (χ1) is 9.25. The van der Waals surface area contributed by atoms with Crippen LogP contribution in [-0.4, -0.2) is 31.2 Å². The van der Waals surface area contributed by atoms with Crippen LogP contribution in [0.2, 0.25) is 0 Å². The highest BCUT2D eigenvalue weighted by atomic mass is 35.5. The Morgan fingerprint density at radius 3 is 2.50 bits per heavy atom. The Labute approximate surface area is 128 Å². The van der Waals surface area contributed by atoms with Crippen LogP contribution in [-0.2, 0) is 9.53 Å². The first-order valence-electron chi connectivity index (χ1n) is 7.89. The molecular formula is C15H29ClN2O2. The van der Waals surface area contributed by atoms with E-state index in [0.717, 1.165) is 12.8 Å². The van der Waals surface area contributed by atoms with Crippen molar-refractivity contribution in [3.63, 3.8) is 0 Å². The lowest BCUT2D eigenvalue weighted by atomic mass is 9.98. The van der Waals surface area contributed by atoms with Crippen molar-refractivity contribution in [3.8, 4) is 0 Å². The Morgan fingerprint density at radius 2 is 1.85 bits per heavy atom. The third-order valence-corrected chi connectivity index (χ3v) is 4.50. The lowest BCUT2D eigenvalue weighted by Gasteiger charge is -2.22. The Hall–Kier alpha value is -0.320. The Kier molecular flexibility index (Phi) is 8.50. The second kappa shape index (κ2) is 9.59. The molecule has 0 aromatic rings. The quantitative estimate of drug-likeness (QED) is 0.741. The number of hydrogen-bond acceptors (Lipinski definition) is 3. The van der Waals surface area contributed by atoms with Crippen LogP contribution in [0.4, 0.5) is 0 Å². The number of carbonyl (C=O) groups excluding carboxylic acids is 1. The summed E-state index contributed by atoms with van der Waals surface area (Å²) in [4.78, 5) is 11.8. The SMILES string of the molecule is Cl.N[C@@H]1CCC[C@H]1CC(=O)NCCOC1CCCCC1. The van der Waals surface area contributed by atoms with Crippen LogP contribution >= 0.6 is 12.4 Å². The molecule has 0 radical (unpaired) electrons. The van der Waals surface area contributed by atoms with Crippen molar-refractivity contribution < 1.29 is 9.53 Å². The van der Waals surface area contributed by atoms with Gasteiger partial charge in [-0.15, -0.1) is 12.4 Å². The summed E-state index contributed by atoms with van der Waals surface area (Å²) in [6.07, 6.45) is 10.7. The number of rotatable bonds is 6. The molecule has 2 rings (SSSR count). The van der Waals surface area contributed by atoms with E-state index in [2.05, 4.69) is 5.32 Å². The molecule has 2 atom stereocenters. The van der Waals surface area contributed by atoms with Crippen LogP contribution in [0, 0.1) is 5.92 Å². The van der Waals surface area contributed by atoms with Gasteiger partial charge in [0.2, 0.25) is 5.91 Å². The first kappa shape index (κ1) is 17.7. The minimum absolute atomic E-state index is 0. The van der Waals surface area contributed by atoms with Gasteiger partial charge in [0.1, 0.15) is 0 Å². The number of halogens is 1. The van der Waals surface area contributed by atoms with Gasteiger partial charge in [0.25, 0.3) is 0 Å². The molecule has 2 saturated carbocycles. The standard InChI is InChI=1S/C15H28N2O2.ClH/c16-14-8-4-5-12(14)11-15(18)17-9-10-19-13-6-2-1-3-7-13;/h12-14H,1-11,16H2,(H,17,18);1H/t12-,14+;/m0./s1. The van der Waals surface area contributed by atoms with Crippen LogP contribution in [0.3, 0.4) is 0 Å². The van der Waals surface area contributed by atoms with Gasteiger partial charge in [-0.3, -0.25) is 4.79 Å². The maximum absolute atomic E-state index is 11.8. The monoisotopic (exact) mass is 304 g/mol. The molecule has 0 unspecified atom stereocenters. The van der Waals surface area contributed by atoms with Gasteiger partial charge in [-0.2, -0.15) is 0 Å². The fourth-order valence-electron chi connectivity index (χ4n) is 3.28. The highest BCUT2D eigenvalue weighted by molar-refractivity contribution is 5.85. The van der Waals surface area contributed by atoms with Gasteiger partial charge in [0.05, 0.1) is 12.7 Å². The fraction of sp³-hybridized carbons (Fsp3) is 0.933. The van der Waals surface area contributed by atoms with Gasteiger partial charge >= 0.3 is 0 Å². The van der Waals surface area contributed by atoms with Gasteiger partial charge in [-0.05, 0) is 31.6 Å². The van der Waals surface area contributed by atoms with Crippen molar-refractivity contribution in [1.29, 1.82) is 0 Å². The maximum atomic E-state index is 11.8. The van der Waals surface area contributed by atoms with Gasteiger partial charge in [0, 0.05) is 19.0 Å². The summed E-state index contributed by atoms with van der Waals surface area (Å²) >= 11 is 0. The molecule has 0 heterocycles. The van der Waals surface area contributed by atoms with Gasteiger partial charge in [-0.1, -0.05) is 25.7 Å². The van der Waals surface area contributed by atoms with Gasteiger partial charge in [0.15, 0.2) is 0 Å². The lowest BCUT2D eigenvalue weighted by molar-refractivity contribution is -0.122. The summed E-state index contributed by atoms with van der Waals surface area (Å²) in [6, 6.07) is 0.226. The highest BCUT2D eigenvalue weighted by Crippen LogP contribution is 2.26. The van der Waals surface area contributed by atoms with E-state index >= 15 is 0 Å². The zero-order valence-electron chi connectivity index (χ0n) is 12.3. The molecule has 2 fully saturated rings. The molecule has 5 heteroatoms. The van der Waals surface area contributed by atoms with Crippen LogP contribution in [0.1, 0.15) is 57.8 Å². The summed E-state index contributed by atoms with van der Waals surface area (Å²) in [5.74, 6) is 0.522. The molecule has 0 aromatic carbocycles. The summed E-state index contributed by atoms with van der Waals surface area (Å²) < 4.78 is 5.79. The number of hydrogen-bond donors (Lipinski definition) is 2. The second-order valence-corrected chi connectivity index (χ2v) is 6.04. The molecule has 3 N–H and O–H groups in total. The normalized spacial score (nSPS) is 27.1. The molecule has 0 saturated heterocycles. The molecule has 1 amide bonds. The van der Waals surface area contributed by atoms with Crippen LogP contribution in [0.25, 0.3) is 0 Å². The Bertz CT molecular complexity index is 283. The van der Waals surface area contributed by atoms with Crippen LogP contribution < -0.4 is 11.1 Å². The topological polar surface area (TPSA) is 64.4 Å². The molecule has 20 heavy (non-hydrogen) atoms. The molecule has 2 aliphatic rings. The van der Waals surface area contributed by atoms with Crippen LogP contribution in [0.5, 0.6) is 0 Å². The van der Waals surface area contributed by atoms with Crippen molar-refractivity contribution in [1.82, 2.24) is 5.32 Å². The predicted molar refractivity (Wildman–Crippen MR) is 83.0 cm³/mol. The lowest BCUT2D eigenvalue weighted by Crippen LogP contribution is -2.33. The summed E-state index contributed by atoms with van der Waals surface area (Å²) in [5.41, 5.74) is 5.97. The summed E-state index contributed by atoms with van der Waals surface area (Å²) in [6.45, 7) is 1.28. The van der Waals surface area contributed by atoms with E-state index in [0.29, 0.717) is 31.6 Å². The largest absolute Gasteiger partial charge is 0.376 e. The van der Waals surface area contributed by atoms with Crippen molar-refractivity contribution in [2.24, 2.45) is 11.7 Å². The highest BCUT2D eigenvalue weighted by Gasteiger charge is 2.25. The third kappa shape index (κ3) is 5.98. The smallest absolute Gasteiger partial charge is 0.220 e. The number of ether oxygens (including phenoxy) is 1. The summed E-state index contributed by atoms with van der Waals surface area (Å²) in [7, 11) is 0.